The van der Waals surface area contributed by atoms with Crippen molar-refractivity contribution in [3.63, 3.8) is 0 Å². The highest BCUT2D eigenvalue weighted by molar-refractivity contribution is 6.30. The van der Waals surface area contributed by atoms with Crippen molar-refractivity contribution in [3.05, 3.63) is 136 Å². The molecule has 1 saturated carbocycles. The highest BCUT2D eigenvalue weighted by Gasteiger charge is 2.71. The number of benzene rings is 4. The first kappa shape index (κ1) is 39.7. The van der Waals surface area contributed by atoms with Crippen molar-refractivity contribution in [3.8, 4) is 11.5 Å². The normalized spacial score (nSPS) is 27.1. The lowest BCUT2D eigenvalue weighted by molar-refractivity contribution is -0.274. The number of nitrogens with one attached hydrogen (secondary N) is 1. The van der Waals surface area contributed by atoms with Crippen molar-refractivity contribution in [2.24, 2.45) is 23.7 Å². The zero-order valence-electron chi connectivity index (χ0n) is 31.9. The van der Waals surface area contributed by atoms with Gasteiger partial charge in [-0.2, -0.15) is 5.01 Å². The standard InChI is InChI=1S/C45H39ClF4N4O6/c46-27-8-6-26(7-9-27)44-36(41(57)54(43(44)59)51-29-12-10-28(47)11-13-29)23-34-32(39(44)35-22-31(14-17-37(35)55)60-45(48,49)50)15-16-33-38(34)42(58)53(40(33)56)30-18-20-52(21-19-30)24-25-4-2-1-3-5-25/h1-15,17,22,30,33-34,36,38-39,51,55H,16,18-21,23-24H2/t33-,34+,36-,38-,39+,44+/m0/s1. The van der Waals surface area contributed by atoms with Crippen LogP contribution < -0.4 is 10.2 Å². The number of carbonyl (C=O) groups excluding carboxylic acids is 4. The molecule has 3 saturated heterocycles. The van der Waals surface area contributed by atoms with E-state index in [4.69, 9.17) is 11.6 Å². The second kappa shape index (κ2) is 15.1. The number of piperidine rings is 1. The fourth-order valence-corrected chi connectivity index (χ4v) is 10.6. The Kier molecular flexibility index (Phi) is 9.98. The molecule has 0 unspecified atom stereocenters. The molecule has 4 aromatic rings. The van der Waals surface area contributed by atoms with Gasteiger partial charge in [-0.3, -0.25) is 34.4 Å². The van der Waals surface area contributed by atoms with E-state index in [0.717, 1.165) is 47.4 Å². The molecule has 15 heteroatoms. The van der Waals surface area contributed by atoms with Crippen LogP contribution >= 0.6 is 11.6 Å². The van der Waals surface area contributed by atoms with E-state index in [2.05, 4.69) is 15.1 Å². The van der Waals surface area contributed by atoms with Crippen LogP contribution in [0.15, 0.2) is 109 Å². The van der Waals surface area contributed by atoms with Crippen LogP contribution in [0.3, 0.4) is 0 Å². The molecule has 6 atom stereocenters. The molecule has 3 heterocycles. The van der Waals surface area contributed by atoms with Gasteiger partial charge in [-0.15, -0.1) is 13.2 Å². The topological polar surface area (TPSA) is 119 Å². The first-order chi connectivity index (χ1) is 28.7. The van der Waals surface area contributed by atoms with Crippen LogP contribution in [0.2, 0.25) is 5.02 Å². The fraction of sp³-hybridized carbons (Fsp3) is 0.333. The number of amides is 4. The Labute approximate surface area is 347 Å². The second-order valence-electron chi connectivity index (χ2n) is 16.2. The van der Waals surface area contributed by atoms with Crippen LogP contribution in [0, 0.1) is 29.5 Å². The minimum absolute atomic E-state index is 0.0832. The molecule has 2 N–H and O–H groups in total. The molecule has 0 spiro atoms. The lowest BCUT2D eigenvalue weighted by atomic mass is 9.49. The van der Waals surface area contributed by atoms with Crippen molar-refractivity contribution in [1.82, 2.24) is 14.8 Å². The van der Waals surface area contributed by atoms with Gasteiger partial charge in [0.05, 0.1) is 28.9 Å². The summed E-state index contributed by atoms with van der Waals surface area (Å²) in [7, 11) is 0. The number of anilines is 1. The van der Waals surface area contributed by atoms with Gasteiger partial charge in [0.2, 0.25) is 11.8 Å². The largest absolute Gasteiger partial charge is 0.573 e. The van der Waals surface area contributed by atoms with Crippen LogP contribution in [-0.2, 0) is 31.1 Å². The van der Waals surface area contributed by atoms with Gasteiger partial charge in [0, 0.05) is 42.2 Å². The van der Waals surface area contributed by atoms with E-state index in [1.54, 1.807) is 18.2 Å². The first-order valence-electron chi connectivity index (χ1n) is 19.8. The summed E-state index contributed by atoms with van der Waals surface area (Å²) in [6, 6.07) is 23.8. The lowest BCUT2D eigenvalue weighted by Gasteiger charge is -2.50. The van der Waals surface area contributed by atoms with Crippen LogP contribution in [0.1, 0.15) is 48.3 Å². The maximum absolute atomic E-state index is 15.3. The van der Waals surface area contributed by atoms with Crippen LogP contribution in [0.25, 0.3) is 0 Å². The molecule has 4 fully saturated rings. The second-order valence-corrected chi connectivity index (χ2v) is 16.6. The molecule has 4 aromatic carbocycles. The Morgan fingerprint density at radius 3 is 2.23 bits per heavy atom. The van der Waals surface area contributed by atoms with E-state index < -0.39 is 76.4 Å². The minimum atomic E-state index is -5.11. The van der Waals surface area contributed by atoms with Crippen molar-refractivity contribution in [2.75, 3.05) is 18.5 Å². The van der Waals surface area contributed by atoms with Crippen molar-refractivity contribution < 1.29 is 46.6 Å². The predicted octanol–water partition coefficient (Wildman–Crippen LogP) is 7.73. The zero-order valence-corrected chi connectivity index (χ0v) is 32.7. The van der Waals surface area contributed by atoms with Gasteiger partial charge in [-0.25, -0.2) is 4.39 Å². The van der Waals surface area contributed by atoms with E-state index in [-0.39, 0.29) is 41.6 Å². The monoisotopic (exact) mass is 842 g/mol. The number of hydrogen-bond acceptors (Lipinski definition) is 8. The molecule has 10 nitrogen and oxygen atoms in total. The van der Waals surface area contributed by atoms with E-state index in [1.807, 2.05) is 30.3 Å². The lowest BCUT2D eigenvalue weighted by Crippen LogP contribution is -2.53. The number of imide groups is 2. The summed E-state index contributed by atoms with van der Waals surface area (Å²) in [5.74, 6) is -9.08. The fourth-order valence-electron chi connectivity index (χ4n) is 10.5. The SMILES string of the molecule is O=C1[C@@H]2C[C@@H]3C(=CC[C@@H]4C(=O)N(C5CCN(Cc6ccccc6)CC5)C(=O)[C@@H]43)[C@H](c3cc(OC(F)(F)F)ccc3O)[C@]2(c2ccc(Cl)cc2)C(=O)N1Nc1ccc(F)cc1. The molecule has 310 valence electrons. The molecule has 0 radical (unpaired) electrons. The average Bonchev–Trinajstić information content (AvgIpc) is 3.60. The Balaban J connectivity index is 1.14. The summed E-state index contributed by atoms with van der Waals surface area (Å²) in [5.41, 5.74) is 2.83. The third-order valence-corrected chi connectivity index (χ3v) is 13.3. The van der Waals surface area contributed by atoms with E-state index in [0.29, 0.717) is 36.5 Å². The number of ether oxygens (including phenoxy) is 1. The number of aromatic hydroxyl groups is 1. The van der Waals surface area contributed by atoms with Gasteiger partial charge in [-0.05, 0) is 97.3 Å². The number of fused-ring (bicyclic) bond motifs is 4. The molecule has 2 aliphatic carbocycles. The number of hydrogen-bond donors (Lipinski definition) is 2. The molecule has 5 aliphatic rings. The van der Waals surface area contributed by atoms with Gasteiger partial charge < -0.3 is 9.84 Å². The smallest absolute Gasteiger partial charge is 0.508 e. The summed E-state index contributed by atoms with van der Waals surface area (Å²) < 4.78 is 59.3. The Bertz CT molecular complexity index is 2390. The highest BCUT2D eigenvalue weighted by atomic mass is 35.5. The van der Waals surface area contributed by atoms with E-state index >= 15 is 4.79 Å². The van der Waals surface area contributed by atoms with Crippen molar-refractivity contribution in [1.29, 1.82) is 0 Å². The highest BCUT2D eigenvalue weighted by Crippen LogP contribution is 2.65. The van der Waals surface area contributed by atoms with Gasteiger partial charge in [0.1, 0.15) is 17.3 Å². The molecule has 3 aliphatic heterocycles. The summed E-state index contributed by atoms with van der Waals surface area (Å²) in [6.45, 7) is 2.06. The van der Waals surface area contributed by atoms with Crippen molar-refractivity contribution >= 4 is 40.9 Å². The van der Waals surface area contributed by atoms with E-state index in [9.17, 15) is 37.1 Å². The van der Waals surface area contributed by atoms with Gasteiger partial charge >= 0.3 is 6.36 Å². The Hall–Kier alpha value is -5.73. The van der Waals surface area contributed by atoms with Gasteiger partial charge in [0.15, 0.2) is 0 Å². The molecule has 0 aromatic heterocycles. The van der Waals surface area contributed by atoms with Gasteiger partial charge in [0.25, 0.3) is 11.8 Å². The molecule has 9 rings (SSSR count). The van der Waals surface area contributed by atoms with Gasteiger partial charge in [-0.1, -0.05) is 65.7 Å². The Morgan fingerprint density at radius 2 is 1.55 bits per heavy atom. The average molecular weight is 843 g/mol. The number of carbonyl (C=O) groups is 4. The third-order valence-electron chi connectivity index (χ3n) is 13.0. The van der Waals surface area contributed by atoms with Crippen LogP contribution in [0.4, 0.5) is 23.2 Å². The maximum Gasteiger partial charge on any atom is 0.573 e. The molecule has 60 heavy (non-hydrogen) atoms. The van der Waals surface area contributed by atoms with E-state index in [1.165, 1.54) is 29.2 Å². The molecular weight excluding hydrogens is 804 g/mol. The quantitative estimate of drug-likeness (QED) is 0.105. The third kappa shape index (κ3) is 6.69. The number of phenols is 1. The predicted molar refractivity (Wildman–Crippen MR) is 210 cm³/mol. The minimum Gasteiger partial charge on any atom is -0.508 e. The van der Waals surface area contributed by atoms with Crippen LogP contribution in [-0.4, -0.2) is 69.0 Å². The molecular formula is C45H39ClF4N4O6. The summed E-state index contributed by atoms with van der Waals surface area (Å²) >= 11 is 6.33. The number of nitrogens with zero attached hydrogens (tertiary/aromatic N) is 3. The first-order valence-corrected chi connectivity index (χ1v) is 20.2. The zero-order chi connectivity index (χ0) is 42.1. The molecule has 0 bridgehead atoms. The number of hydrazine groups is 1. The van der Waals surface area contributed by atoms with Crippen molar-refractivity contribution in [2.45, 2.75) is 56.0 Å². The number of alkyl halides is 3. The van der Waals surface area contributed by atoms with Crippen LogP contribution in [0.5, 0.6) is 11.5 Å². The number of halogens is 5. The Morgan fingerprint density at radius 1 is 0.850 bits per heavy atom. The number of rotatable bonds is 8. The number of phenolic OH excluding ortho intramolecular Hbond substituents is 1. The summed E-state index contributed by atoms with van der Waals surface area (Å²) in [6.07, 6.45) is -2.22. The maximum atomic E-state index is 15.3. The summed E-state index contributed by atoms with van der Waals surface area (Å²) in [4.78, 5) is 63.0. The summed E-state index contributed by atoms with van der Waals surface area (Å²) in [5, 5.41) is 12.7. The number of allylic oxidation sites excluding steroid dienone is 2. The number of likely N-dealkylation sites (tertiary alicyclic amines) is 2. The molecule has 4 amide bonds.